The predicted molar refractivity (Wildman–Crippen MR) is 142 cm³/mol. The van der Waals surface area contributed by atoms with E-state index in [1.165, 1.54) is 0 Å². The third kappa shape index (κ3) is 7.93. The molecule has 36 heavy (non-hydrogen) atoms. The summed E-state index contributed by atoms with van der Waals surface area (Å²) in [5, 5.41) is 10.4. The fourth-order valence-electron chi connectivity index (χ4n) is 3.55. The second kappa shape index (κ2) is 13.2. The normalized spacial score (nSPS) is 11.5. The fourth-order valence-corrected chi connectivity index (χ4v) is 4.15. The molecule has 0 aliphatic carbocycles. The molecule has 0 aromatic heterocycles. The van der Waals surface area contributed by atoms with E-state index in [2.05, 4.69) is 15.9 Å². The maximum Gasteiger partial charge on any atom is 0.344 e. The topological polar surface area (TPSA) is 89.9 Å². The molecule has 1 atom stereocenters. The number of hydrogen-bond donors (Lipinski definition) is 1. The van der Waals surface area contributed by atoms with Gasteiger partial charge in [0.2, 0.25) is 0 Å². The zero-order chi connectivity index (χ0) is 26.1. The van der Waals surface area contributed by atoms with Crippen LogP contribution < -0.4 is 4.74 Å². The van der Waals surface area contributed by atoms with E-state index in [0.29, 0.717) is 27.2 Å². The highest BCUT2D eigenvalue weighted by atomic mass is 79.9. The minimum atomic E-state index is -1.07. The van der Waals surface area contributed by atoms with Gasteiger partial charge in [0, 0.05) is 17.0 Å². The Morgan fingerprint density at radius 2 is 1.58 bits per heavy atom. The number of rotatable bonds is 12. The number of Topliss-reactive ketones (excluding diaryl/α,β-unsaturated/α-hetero) is 1. The van der Waals surface area contributed by atoms with E-state index in [4.69, 9.17) is 21.1 Å². The highest BCUT2D eigenvalue weighted by Crippen LogP contribution is 2.29. The van der Waals surface area contributed by atoms with Crippen LogP contribution in [0.4, 0.5) is 0 Å². The molecular weight excluding hydrogens is 548 g/mol. The molecule has 0 amide bonds. The van der Waals surface area contributed by atoms with Crippen LogP contribution in [0.25, 0.3) is 11.1 Å². The Balaban J connectivity index is 1.59. The van der Waals surface area contributed by atoms with E-state index in [1.54, 1.807) is 25.1 Å². The van der Waals surface area contributed by atoms with E-state index in [1.807, 2.05) is 48.5 Å². The van der Waals surface area contributed by atoms with Crippen LogP contribution in [-0.2, 0) is 20.7 Å². The predicted octanol–water partition coefficient (Wildman–Crippen LogP) is 6.76. The Morgan fingerprint density at radius 1 is 0.944 bits per heavy atom. The molecular formula is C28H26BrClO6. The highest BCUT2D eigenvalue weighted by molar-refractivity contribution is 9.10. The number of carbonyl (C=O) groups is 3. The van der Waals surface area contributed by atoms with Crippen LogP contribution in [-0.4, -0.2) is 35.5 Å². The average molecular weight is 574 g/mol. The van der Waals surface area contributed by atoms with Crippen LogP contribution in [0.2, 0.25) is 5.02 Å². The summed E-state index contributed by atoms with van der Waals surface area (Å²) in [5.74, 6) is -1.39. The molecule has 0 fully saturated rings. The summed E-state index contributed by atoms with van der Waals surface area (Å²) >= 11 is 9.31. The maximum atomic E-state index is 12.4. The number of aryl methyl sites for hydroxylation is 1. The van der Waals surface area contributed by atoms with Crippen LogP contribution in [0.1, 0.15) is 42.1 Å². The minimum absolute atomic E-state index is 0.00428. The van der Waals surface area contributed by atoms with Crippen molar-refractivity contribution in [3.8, 4) is 16.9 Å². The van der Waals surface area contributed by atoms with Gasteiger partial charge in [0.15, 0.2) is 11.9 Å². The number of benzene rings is 3. The smallest absolute Gasteiger partial charge is 0.344 e. The SMILES string of the molecule is CCOC(=O)CCC(=O)c1ccc(OC(CCc2ccc(-c3ccc(Cl)cc3)cc2)C(=O)O)c(Br)c1. The Labute approximate surface area is 223 Å². The Kier molecular flexibility index (Phi) is 10.1. The van der Waals surface area contributed by atoms with E-state index < -0.39 is 18.0 Å². The Bertz CT molecular complexity index is 1210. The van der Waals surface area contributed by atoms with Gasteiger partial charge in [0.25, 0.3) is 0 Å². The summed E-state index contributed by atoms with van der Waals surface area (Å²) in [4.78, 5) is 35.7. The van der Waals surface area contributed by atoms with Crippen LogP contribution in [0, 0.1) is 0 Å². The van der Waals surface area contributed by atoms with Crippen LogP contribution >= 0.6 is 27.5 Å². The summed E-state index contributed by atoms with van der Waals surface area (Å²) in [6.45, 7) is 1.97. The quantitative estimate of drug-likeness (QED) is 0.190. The largest absolute Gasteiger partial charge is 0.479 e. The summed E-state index contributed by atoms with van der Waals surface area (Å²) in [5.41, 5.74) is 3.47. The lowest BCUT2D eigenvalue weighted by molar-refractivity contribution is -0.145. The molecule has 6 nitrogen and oxygen atoms in total. The number of ether oxygens (including phenoxy) is 2. The number of carboxylic acids is 1. The first kappa shape index (κ1) is 27.4. The van der Waals surface area contributed by atoms with Crippen molar-refractivity contribution in [3.05, 3.63) is 87.4 Å². The highest BCUT2D eigenvalue weighted by Gasteiger charge is 2.21. The van der Waals surface area contributed by atoms with Crippen LogP contribution in [0.15, 0.2) is 71.2 Å². The van der Waals surface area contributed by atoms with Gasteiger partial charge in [-0.05, 0) is 82.7 Å². The number of hydrogen-bond acceptors (Lipinski definition) is 5. The molecule has 1 unspecified atom stereocenters. The lowest BCUT2D eigenvalue weighted by Gasteiger charge is -2.17. The molecule has 3 rings (SSSR count). The monoisotopic (exact) mass is 572 g/mol. The number of halogens is 2. The van der Waals surface area contributed by atoms with Gasteiger partial charge in [-0.1, -0.05) is 48.0 Å². The Hall–Kier alpha value is -3.16. The van der Waals surface area contributed by atoms with Crippen molar-refractivity contribution in [2.24, 2.45) is 0 Å². The van der Waals surface area contributed by atoms with Gasteiger partial charge in [-0.3, -0.25) is 9.59 Å². The number of aliphatic carboxylic acids is 1. The molecule has 3 aromatic carbocycles. The average Bonchev–Trinajstić information content (AvgIpc) is 2.86. The summed E-state index contributed by atoms with van der Waals surface area (Å²) in [7, 11) is 0. The molecule has 0 saturated heterocycles. The van der Waals surface area contributed by atoms with Gasteiger partial charge < -0.3 is 14.6 Å². The fraction of sp³-hybridized carbons (Fsp3) is 0.250. The summed E-state index contributed by atoms with van der Waals surface area (Å²) < 4.78 is 11.1. The van der Waals surface area contributed by atoms with Gasteiger partial charge in [-0.15, -0.1) is 0 Å². The molecule has 0 saturated carbocycles. The minimum Gasteiger partial charge on any atom is -0.479 e. The number of carboxylic acid groups (broad SMARTS) is 1. The van der Waals surface area contributed by atoms with Gasteiger partial charge in [-0.2, -0.15) is 0 Å². The van der Waals surface area contributed by atoms with Gasteiger partial charge in [0.05, 0.1) is 17.5 Å². The number of ketones is 1. The molecule has 0 heterocycles. The molecule has 0 aliphatic heterocycles. The number of carbonyl (C=O) groups excluding carboxylic acids is 2. The van der Waals surface area contributed by atoms with Gasteiger partial charge in [-0.25, -0.2) is 4.79 Å². The molecule has 3 aromatic rings. The zero-order valence-corrected chi connectivity index (χ0v) is 22.1. The lowest BCUT2D eigenvalue weighted by Crippen LogP contribution is -2.27. The second-order valence-corrected chi connectivity index (χ2v) is 9.35. The lowest BCUT2D eigenvalue weighted by atomic mass is 10.0. The second-order valence-electron chi connectivity index (χ2n) is 8.06. The van der Waals surface area contributed by atoms with E-state index >= 15 is 0 Å². The number of esters is 1. The van der Waals surface area contributed by atoms with Crippen LogP contribution in [0.3, 0.4) is 0 Å². The third-order valence-electron chi connectivity index (χ3n) is 5.49. The van der Waals surface area contributed by atoms with Gasteiger partial charge >= 0.3 is 11.9 Å². The van der Waals surface area contributed by atoms with E-state index in [-0.39, 0.29) is 31.7 Å². The van der Waals surface area contributed by atoms with Crippen molar-refractivity contribution in [1.29, 1.82) is 0 Å². The first-order chi connectivity index (χ1) is 17.3. The molecule has 0 bridgehead atoms. The van der Waals surface area contributed by atoms with Crippen molar-refractivity contribution < 1.29 is 29.0 Å². The standard InChI is InChI=1S/C28H26BrClO6/c1-2-35-27(32)16-13-24(31)21-10-15-25(23(29)17-21)36-26(28(33)34)14-5-18-3-6-19(7-4-18)20-8-11-22(30)12-9-20/h3-4,6-12,15,17,26H,2,5,13-14,16H2,1H3,(H,33,34). The zero-order valence-electron chi connectivity index (χ0n) is 19.7. The maximum absolute atomic E-state index is 12.4. The summed E-state index contributed by atoms with van der Waals surface area (Å²) in [6.07, 6.45) is -0.255. The molecule has 188 valence electrons. The first-order valence-electron chi connectivity index (χ1n) is 11.5. The third-order valence-corrected chi connectivity index (χ3v) is 6.36. The van der Waals surface area contributed by atoms with E-state index in [9.17, 15) is 19.5 Å². The van der Waals surface area contributed by atoms with E-state index in [0.717, 1.165) is 16.7 Å². The van der Waals surface area contributed by atoms with Crippen molar-refractivity contribution in [3.63, 3.8) is 0 Å². The van der Waals surface area contributed by atoms with Gasteiger partial charge in [0.1, 0.15) is 5.75 Å². The summed E-state index contributed by atoms with van der Waals surface area (Å²) in [6, 6.07) is 20.2. The molecule has 0 spiro atoms. The van der Waals surface area contributed by atoms with Crippen LogP contribution in [0.5, 0.6) is 5.75 Å². The van der Waals surface area contributed by atoms with Crippen molar-refractivity contribution in [2.45, 2.75) is 38.7 Å². The molecule has 8 heteroatoms. The molecule has 0 aliphatic rings. The molecule has 1 N–H and O–H groups in total. The van der Waals surface area contributed by atoms with Crippen molar-refractivity contribution in [1.82, 2.24) is 0 Å². The van der Waals surface area contributed by atoms with Crippen molar-refractivity contribution >= 4 is 45.3 Å². The first-order valence-corrected chi connectivity index (χ1v) is 12.7. The van der Waals surface area contributed by atoms with Crippen molar-refractivity contribution in [2.75, 3.05) is 6.61 Å². The molecule has 0 radical (unpaired) electrons. The Morgan fingerprint density at radius 3 is 2.17 bits per heavy atom.